The van der Waals surface area contributed by atoms with Crippen LogP contribution in [0, 0.1) is 0 Å². The van der Waals surface area contributed by atoms with Crippen LogP contribution in [0.5, 0.6) is 0 Å². The Morgan fingerprint density at radius 3 is 2.44 bits per heavy atom. The predicted molar refractivity (Wildman–Crippen MR) is 65.3 cm³/mol. The van der Waals surface area contributed by atoms with Crippen LogP contribution in [0.3, 0.4) is 0 Å². The number of halogens is 1. The number of hydrogen-bond acceptors (Lipinski definition) is 2. The summed E-state index contributed by atoms with van der Waals surface area (Å²) in [4.78, 5) is 24.1. The molecule has 0 aromatic carbocycles. The Morgan fingerprint density at radius 2 is 1.94 bits per heavy atom. The van der Waals surface area contributed by atoms with Crippen molar-refractivity contribution in [2.75, 3.05) is 19.0 Å². The molecule has 4 nitrogen and oxygen atoms in total. The molecule has 0 saturated heterocycles. The maximum Gasteiger partial charge on any atom is 0.237 e. The number of amides is 2. The highest BCUT2D eigenvalue weighted by atomic mass is 35.5. The first-order valence-corrected chi connectivity index (χ1v) is 6.27. The van der Waals surface area contributed by atoms with Gasteiger partial charge in [-0.3, -0.25) is 9.59 Å². The van der Waals surface area contributed by atoms with Gasteiger partial charge in [0.05, 0.1) is 6.54 Å². The molecule has 0 saturated carbocycles. The summed E-state index contributed by atoms with van der Waals surface area (Å²) in [5.74, 6) is 0.108. The molecule has 5 heteroatoms. The molecule has 0 radical (unpaired) electrons. The number of nitrogens with two attached hydrogens (primary N) is 1. The highest BCUT2D eigenvalue weighted by molar-refractivity contribution is 6.17. The van der Waals surface area contributed by atoms with Crippen molar-refractivity contribution in [2.24, 2.45) is 5.73 Å². The number of alkyl halides is 1. The summed E-state index contributed by atoms with van der Waals surface area (Å²) in [6, 6.07) is 0. The first-order valence-electron chi connectivity index (χ1n) is 5.73. The Balaban J connectivity index is 4.04. The van der Waals surface area contributed by atoms with E-state index in [4.69, 9.17) is 17.3 Å². The second-order valence-corrected chi connectivity index (χ2v) is 4.16. The van der Waals surface area contributed by atoms with Crippen molar-refractivity contribution >= 4 is 23.4 Å². The number of carbonyl (C=O) groups excluding carboxylic acids is 2. The van der Waals surface area contributed by atoms with Gasteiger partial charge in [-0.05, 0) is 19.3 Å². The molecule has 0 aliphatic heterocycles. The minimum absolute atomic E-state index is 0.00244. The zero-order valence-electron chi connectivity index (χ0n) is 9.88. The minimum Gasteiger partial charge on any atom is -0.368 e. The van der Waals surface area contributed by atoms with Crippen molar-refractivity contribution in [3.8, 4) is 0 Å². The summed E-state index contributed by atoms with van der Waals surface area (Å²) < 4.78 is 0. The SMILES string of the molecule is CCCCN(CC(N)=O)C(=O)CCCCCl. The molecule has 0 rings (SSSR count). The molecular formula is C11H21ClN2O2. The monoisotopic (exact) mass is 248 g/mol. The second kappa shape index (κ2) is 9.46. The molecule has 0 fully saturated rings. The van der Waals surface area contributed by atoms with Crippen LogP contribution in [-0.2, 0) is 9.59 Å². The molecule has 0 atom stereocenters. The largest absolute Gasteiger partial charge is 0.368 e. The first-order chi connectivity index (χ1) is 7.61. The fourth-order valence-corrected chi connectivity index (χ4v) is 1.55. The lowest BCUT2D eigenvalue weighted by Crippen LogP contribution is -2.38. The molecule has 0 aromatic rings. The Hall–Kier alpha value is -0.770. The fourth-order valence-electron chi connectivity index (χ4n) is 1.36. The van der Waals surface area contributed by atoms with E-state index in [1.807, 2.05) is 6.92 Å². The molecule has 0 aliphatic rings. The summed E-state index contributed by atoms with van der Waals surface area (Å²) in [7, 11) is 0. The van der Waals surface area contributed by atoms with Gasteiger partial charge in [-0.1, -0.05) is 13.3 Å². The van der Waals surface area contributed by atoms with Gasteiger partial charge in [-0.25, -0.2) is 0 Å². The van der Waals surface area contributed by atoms with E-state index in [0.29, 0.717) is 18.8 Å². The summed E-state index contributed by atoms with van der Waals surface area (Å²) >= 11 is 5.53. The smallest absolute Gasteiger partial charge is 0.237 e. The number of rotatable bonds is 9. The maximum absolute atomic E-state index is 11.7. The van der Waals surface area contributed by atoms with Crippen LogP contribution in [0.4, 0.5) is 0 Å². The van der Waals surface area contributed by atoms with E-state index in [2.05, 4.69) is 0 Å². The predicted octanol–water partition coefficient (Wildman–Crippen LogP) is 1.51. The third-order valence-electron chi connectivity index (χ3n) is 2.26. The third-order valence-corrected chi connectivity index (χ3v) is 2.52. The molecular weight excluding hydrogens is 228 g/mol. The number of primary amides is 1. The summed E-state index contributed by atoms with van der Waals surface area (Å²) in [5, 5.41) is 0. The molecule has 2 N–H and O–H groups in total. The van der Waals surface area contributed by atoms with Crippen molar-refractivity contribution in [1.29, 1.82) is 0 Å². The van der Waals surface area contributed by atoms with Crippen molar-refractivity contribution in [3.05, 3.63) is 0 Å². The normalized spacial score (nSPS) is 10.1. The lowest BCUT2D eigenvalue weighted by atomic mass is 10.2. The van der Waals surface area contributed by atoms with Crippen LogP contribution >= 0.6 is 11.6 Å². The molecule has 16 heavy (non-hydrogen) atoms. The van der Waals surface area contributed by atoms with Crippen LogP contribution in [0.15, 0.2) is 0 Å². The van der Waals surface area contributed by atoms with E-state index in [9.17, 15) is 9.59 Å². The van der Waals surface area contributed by atoms with Gasteiger partial charge >= 0.3 is 0 Å². The van der Waals surface area contributed by atoms with Crippen LogP contribution in [0.2, 0.25) is 0 Å². The van der Waals surface area contributed by atoms with E-state index in [-0.39, 0.29) is 12.5 Å². The summed E-state index contributed by atoms with van der Waals surface area (Å²) in [5.41, 5.74) is 5.10. The Morgan fingerprint density at radius 1 is 1.25 bits per heavy atom. The minimum atomic E-state index is -0.457. The van der Waals surface area contributed by atoms with Crippen molar-refractivity contribution in [3.63, 3.8) is 0 Å². The lowest BCUT2D eigenvalue weighted by Gasteiger charge is -2.20. The maximum atomic E-state index is 11.7. The molecule has 0 bridgehead atoms. The van der Waals surface area contributed by atoms with Crippen LogP contribution < -0.4 is 5.73 Å². The molecule has 0 heterocycles. The number of nitrogens with zero attached hydrogens (tertiary/aromatic N) is 1. The van der Waals surface area contributed by atoms with E-state index in [1.54, 1.807) is 4.90 Å². The van der Waals surface area contributed by atoms with E-state index in [0.717, 1.165) is 25.7 Å². The highest BCUT2D eigenvalue weighted by Gasteiger charge is 2.14. The van der Waals surface area contributed by atoms with Gasteiger partial charge in [0, 0.05) is 18.8 Å². The van der Waals surface area contributed by atoms with Gasteiger partial charge in [-0.15, -0.1) is 11.6 Å². The van der Waals surface area contributed by atoms with Crippen molar-refractivity contribution in [2.45, 2.75) is 39.0 Å². The summed E-state index contributed by atoms with van der Waals surface area (Å²) in [6.45, 7) is 2.68. The standard InChI is InChI=1S/C11H21ClN2O2/c1-2-3-8-14(9-10(13)15)11(16)6-4-5-7-12/h2-9H2,1H3,(H2,13,15). The quantitative estimate of drug-likeness (QED) is 0.497. The van der Waals surface area contributed by atoms with Gasteiger partial charge in [0.15, 0.2) is 0 Å². The van der Waals surface area contributed by atoms with Gasteiger partial charge in [-0.2, -0.15) is 0 Å². The van der Waals surface area contributed by atoms with Crippen molar-refractivity contribution < 1.29 is 9.59 Å². The third kappa shape index (κ3) is 7.51. The Labute approximate surface area is 102 Å². The molecule has 0 aliphatic carbocycles. The van der Waals surface area contributed by atoms with E-state index >= 15 is 0 Å². The van der Waals surface area contributed by atoms with Gasteiger partial charge in [0.1, 0.15) is 0 Å². The Kier molecular flexibility index (Phi) is 9.00. The lowest BCUT2D eigenvalue weighted by molar-refractivity contribution is -0.135. The number of unbranched alkanes of at least 4 members (excludes halogenated alkanes) is 2. The molecule has 2 amide bonds. The average molecular weight is 249 g/mol. The van der Waals surface area contributed by atoms with Crippen LogP contribution in [0.25, 0.3) is 0 Å². The van der Waals surface area contributed by atoms with Gasteiger partial charge in [0.2, 0.25) is 11.8 Å². The van der Waals surface area contributed by atoms with Gasteiger partial charge in [0.25, 0.3) is 0 Å². The number of carbonyl (C=O) groups is 2. The topological polar surface area (TPSA) is 63.4 Å². The zero-order chi connectivity index (χ0) is 12.4. The average Bonchev–Trinajstić information content (AvgIpc) is 2.23. The molecule has 0 unspecified atom stereocenters. The molecule has 0 aromatic heterocycles. The highest BCUT2D eigenvalue weighted by Crippen LogP contribution is 2.03. The fraction of sp³-hybridized carbons (Fsp3) is 0.818. The zero-order valence-corrected chi connectivity index (χ0v) is 10.6. The Bertz CT molecular complexity index is 222. The molecule has 0 spiro atoms. The van der Waals surface area contributed by atoms with E-state index < -0.39 is 5.91 Å². The number of hydrogen-bond donors (Lipinski definition) is 1. The van der Waals surface area contributed by atoms with Crippen molar-refractivity contribution in [1.82, 2.24) is 4.90 Å². The second-order valence-electron chi connectivity index (χ2n) is 3.78. The van der Waals surface area contributed by atoms with Crippen LogP contribution in [0.1, 0.15) is 39.0 Å². The summed E-state index contributed by atoms with van der Waals surface area (Å²) in [6.07, 6.45) is 3.93. The first kappa shape index (κ1) is 15.2. The van der Waals surface area contributed by atoms with E-state index in [1.165, 1.54) is 0 Å². The van der Waals surface area contributed by atoms with Gasteiger partial charge < -0.3 is 10.6 Å². The van der Waals surface area contributed by atoms with Crippen LogP contribution in [-0.4, -0.2) is 35.7 Å². The molecule has 94 valence electrons.